The SMILES string of the molecule is Cc1noc(C)c1-c1ccc2nc(NCCN3CCOCC3)c(=O)n(CC3CCCCC3)c2n1. The molecule has 0 radical (unpaired) electrons. The topological polar surface area (TPSA) is 98.3 Å². The zero-order valence-electron chi connectivity index (χ0n) is 20.2. The standard InChI is InChI=1S/C25H34N6O3/c1-17-22(18(2)34-29-17)20-8-9-21-24(28-20)31(16-19-6-4-3-5-7-19)25(32)23(27-21)26-10-11-30-12-14-33-15-13-30/h8-9,19H,3-7,10-16H2,1-2H3,(H,26,27). The van der Waals surface area contributed by atoms with E-state index in [1.54, 1.807) is 0 Å². The van der Waals surface area contributed by atoms with Crippen LogP contribution in [-0.4, -0.2) is 64.0 Å². The molecule has 3 aromatic rings. The van der Waals surface area contributed by atoms with Crippen molar-refractivity contribution < 1.29 is 9.26 Å². The van der Waals surface area contributed by atoms with Gasteiger partial charge in [0.15, 0.2) is 11.5 Å². The molecule has 0 unspecified atom stereocenters. The van der Waals surface area contributed by atoms with Gasteiger partial charge in [0.25, 0.3) is 5.56 Å². The minimum Gasteiger partial charge on any atom is -0.379 e. The molecule has 182 valence electrons. The molecule has 1 saturated heterocycles. The Bertz CT molecular complexity index is 1170. The summed E-state index contributed by atoms with van der Waals surface area (Å²) in [6.45, 7) is 9.37. The van der Waals surface area contributed by atoms with Crippen molar-refractivity contribution in [3.05, 3.63) is 33.9 Å². The quantitative estimate of drug-likeness (QED) is 0.566. The Morgan fingerprint density at radius 2 is 1.88 bits per heavy atom. The molecule has 2 aliphatic rings. The Balaban J connectivity index is 1.48. The van der Waals surface area contributed by atoms with E-state index in [1.165, 1.54) is 19.3 Å². The summed E-state index contributed by atoms with van der Waals surface area (Å²) >= 11 is 0. The van der Waals surface area contributed by atoms with Gasteiger partial charge in [0.1, 0.15) is 11.3 Å². The van der Waals surface area contributed by atoms with Crippen molar-refractivity contribution in [2.45, 2.75) is 52.5 Å². The summed E-state index contributed by atoms with van der Waals surface area (Å²) in [5.41, 5.74) is 3.69. The molecular weight excluding hydrogens is 432 g/mol. The summed E-state index contributed by atoms with van der Waals surface area (Å²) in [5.74, 6) is 1.62. The lowest BCUT2D eigenvalue weighted by Gasteiger charge is -2.26. The van der Waals surface area contributed by atoms with Crippen LogP contribution in [0.5, 0.6) is 0 Å². The first-order valence-corrected chi connectivity index (χ1v) is 12.5. The van der Waals surface area contributed by atoms with Crippen molar-refractivity contribution in [2.24, 2.45) is 5.92 Å². The van der Waals surface area contributed by atoms with Gasteiger partial charge in [0, 0.05) is 32.7 Å². The van der Waals surface area contributed by atoms with E-state index in [1.807, 2.05) is 30.5 Å². The number of hydrogen-bond donors (Lipinski definition) is 1. The van der Waals surface area contributed by atoms with Crippen LogP contribution in [0.25, 0.3) is 22.4 Å². The van der Waals surface area contributed by atoms with Crippen molar-refractivity contribution in [1.29, 1.82) is 0 Å². The summed E-state index contributed by atoms with van der Waals surface area (Å²) in [5, 5.41) is 7.38. The normalized spacial score (nSPS) is 17.9. The van der Waals surface area contributed by atoms with E-state index in [9.17, 15) is 4.79 Å². The van der Waals surface area contributed by atoms with Crippen LogP contribution in [0.3, 0.4) is 0 Å². The largest absolute Gasteiger partial charge is 0.379 e. The lowest BCUT2D eigenvalue weighted by molar-refractivity contribution is 0.0398. The molecule has 2 fully saturated rings. The Morgan fingerprint density at radius 1 is 1.09 bits per heavy atom. The van der Waals surface area contributed by atoms with Gasteiger partial charge in [-0.1, -0.05) is 24.4 Å². The van der Waals surface area contributed by atoms with Gasteiger partial charge in [-0.05, 0) is 44.7 Å². The number of nitrogens with zero attached hydrogens (tertiary/aromatic N) is 5. The average Bonchev–Trinajstić information content (AvgIpc) is 3.20. The number of nitrogens with one attached hydrogen (secondary N) is 1. The van der Waals surface area contributed by atoms with Gasteiger partial charge >= 0.3 is 0 Å². The maximum atomic E-state index is 13.6. The minimum absolute atomic E-state index is 0.0940. The molecule has 34 heavy (non-hydrogen) atoms. The third-order valence-corrected chi connectivity index (χ3v) is 7.07. The molecule has 3 aromatic heterocycles. The van der Waals surface area contributed by atoms with Gasteiger partial charge in [0.05, 0.1) is 30.2 Å². The summed E-state index contributed by atoms with van der Waals surface area (Å²) < 4.78 is 12.6. The number of fused-ring (bicyclic) bond motifs is 1. The highest BCUT2D eigenvalue weighted by molar-refractivity contribution is 5.77. The van der Waals surface area contributed by atoms with Gasteiger partial charge in [-0.3, -0.25) is 14.3 Å². The molecule has 0 aromatic carbocycles. The molecule has 0 bridgehead atoms. The van der Waals surface area contributed by atoms with Crippen LogP contribution in [0.2, 0.25) is 0 Å². The molecule has 1 N–H and O–H groups in total. The number of pyridine rings is 1. The maximum Gasteiger partial charge on any atom is 0.294 e. The number of morpholine rings is 1. The zero-order chi connectivity index (χ0) is 23.5. The first kappa shape index (κ1) is 23.0. The number of hydrogen-bond acceptors (Lipinski definition) is 8. The molecule has 1 aliphatic heterocycles. The molecule has 1 saturated carbocycles. The molecule has 5 rings (SSSR count). The Labute approximate surface area is 199 Å². The van der Waals surface area contributed by atoms with Crippen molar-refractivity contribution in [3.63, 3.8) is 0 Å². The first-order valence-electron chi connectivity index (χ1n) is 12.5. The van der Waals surface area contributed by atoms with E-state index in [0.717, 1.165) is 73.9 Å². The summed E-state index contributed by atoms with van der Waals surface area (Å²) in [6.07, 6.45) is 6.04. The lowest BCUT2D eigenvalue weighted by atomic mass is 9.89. The minimum atomic E-state index is -0.0940. The number of rotatable bonds is 7. The van der Waals surface area contributed by atoms with Crippen LogP contribution in [0.1, 0.15) is 43.6 Å². The molecule has 1 aliphatic carbocycles. The summed E-state index contributed by atoms with van der Waals surface area (Å²) in [6, 6.07) is 3.89. The fraction of sp³-hybridized carbons (Fsp3) is 0.600. The lowest BCUT2D eigenvalue weighted by Crippen LogP contribution is -2.39. The molecule has 4 heterocycles. The van der Waals surface area contributed by atoms with Crippen LogP contribution in [0.15, 0.2) is 21.5 Å². The van der Waals surface area contributed by atoms with E-state index in [-0.39, 0.29) is 5.56 Å². The fourth-order valence-corrected chi connectivity index (χ4v) is 5.18. The monoisotopic (exact) mass is 466 g/mol. The molecular formula is C25H34N6O3. The first-order chi connectivity index (χ1) is 16.6. The third-order valence-electron chi connectivity index (χ3n) is 7.07. The van der Waals surface area contributed by atoms with Gasteiger partial charge in [-0.2, -0.15) is 0 Å². The highest BCUT2D eigenvalue weighted by Crippen LogP contribution is 2.28. The Morgan fingerprint density at radius 3 is 2.62 bits per heavy atom. The summed E-state index contributed by atoms with van der Waals surface area (Å²) in [7, 11) is 0. The zero-order valence-corrected chi connectivity index (χ0v) is 20.2. The van der Waals surface area contributed by atoms with Crippen LogP contribution in [0, 0.1) is 19.8 Å². The number of aryl methyl sites for hydroxylation is 2. The number of aromatic nitrogens is 4. The average molecular weight is 467 g/mol. The van der Waals surface area contributed by atoms with Crippen molar-refractivity contribution >= 4 is 17.0 Å². The second-order valence-corrected chi connectivity index (χ2v) is 9.50. The second-order valence-electron chi connectivity index (χ2n) is 9.50. The van der Waals surface area contributed by atoms with E-state index in [4.69, 9.17) is 14.2 Å². The third kappa shape index (κ3) is 4.86. The van der Waals surface area contributed by atoms with Gasteiger partial charge in [-0.25, -0.2) is 9.97 Å². The van der Waals surface area contributed by atoms with E-state index < -0.39 is 0 Å². The Hall–Kier alpha value is -2.78. The van der Waals surface area contributed by atoms with Crippen LogP contribution in [0.4, 0.5) is 5.82 Å². The van der Waals surface area contributed by atoms with E-state index in [0.29, 0.717) is 30.5 Å². The molecule has 0 atom stereocenters. The Kier molecular flexibility index (Phi) is 6.92. The molecule has 9 heteroatoms. The summed E-state index contributed by atoms with van der Waals surface area (Å²) in [4.78, 5) is 25.5. The van der Waals surface area contributed by atoms with Crippen molar-refractivity contribution in [3.8, 4) is 11.3 Å². The molecule has 0 amide bonds. The second kappa shape index (κ2) is 10.2. The number of ether oxygens (including phenoxy) is 1. The maximum absolute atomic E-state index is 13.6. The molecule has 0 spiro atoms. The number of anilines is 1. The van der Waals surface area contributed by atoms with Crippen LogP contribution in [-0.2, 0) is 11.3 Å². The van der Waals surface area contributed by atoms with Crippen LogP contribution >= 0.6 is 0 Å². The van der Waals surface area contributed by atoms with Crippen molar-refractivity contribution in [1.82, 2.24) is 24.6 Å². The molecule has 9 nitrogen and oxygen atoms in total. The van der Waals surface area contributed by atoms with E-state index in [2.05, 4.69) is 20.4 Å². The van der Waals surface area contributed by atoms with Gasteiger partial charge < -0.3 is 14.6 Å². The highest BCUT2D eigenvalue weighted by atomic mass is 16.5. The highest BCUT2D eigenvalue weighted by Gasteiger charge is 2.21. The van der Waals surface area contributed by atoms with Crippen LogP contribution < -0.4 is 10.9 Å². The predicted octanol–water partition coefficient (Wildman–Crippen LogP) is 3.39. The predicted molar refractivity (Wildman–Crippen MR) is 131 cm³/mol. The fourth-order valence-electron chi connectivity index (χ4n) is 5.18. The van der Waals surface area contributed by atoms with Gasteiger partial charge in [0.2, 0.25) is 0 Å². The van der Waals surface area contributed by atoms with Crippen molar-refractivity contribution in [2.75, 3.05) is 44.7 Å². The van der Waals surface area contributed by atoms with E-state index >= 15 is 0 Å². The smallest absolute Gasteiger partial charge is 0.294 e. The van der Waals surface area contributed by atoms with Gasteiger partial charge in [-0.15, -0.1) is 0 Å².